The summed E-state index contributed by atoms with van der Waals surface area (Å²) in [5, 5.41) is 0.177. The normalized spacial score (nSPS) is 30.9. The van der Waals surface area contributed by atoms with Gasteiger partial charge >= 0.3 is 0 Å². The molecule has 4 fully saturated rings. The highest BCUT2D eigenvalue weighted by Crippen LogP contribution is 2.68. The number of imidazole rings is 1. The predicted octanol–water partition coefficient (Wildman–Crippen LogP) is 5.50. The summed E-state index contributed by atoms with van der Waals surface area (Å²) in [7, 11) is -1.91. The number of nitrogens with zero attached hydrogens (tertiary/aromatic N) is 3. The van der Waals surface area contributed by atoms with E-state index in [0.717, 1.165) is 35.5 Å². The minimum atomic E-state index is -1.91. The van der Waals surface area contributed by atoms with Crippen molar-refractivity contribution in [2.45, 2.75) is 102 Å². The van der Waals surface area contributed by atoms with E-state index in [0.29, 0.717) is 17.2 Å². The summed E-state index contributed by atoms with van der Waals surface area (Å²) >= 11 is 2.36. The zero-order chi connectivity index (χ0) is 22.1. The van der Waals surface area contributed by atoms with Crippen molar-refractivity contribution in [2.24, 2.45) is 5.92 Å². The minimum absolute atomic E-state index is 0.0343. The van der Waals surface area contributed by atoms with Crippen LogP contribution >= 0.6 is 22.6 Å². The zero-order valence-corrected chi connectivity index (χ0v) is 22.9. The first kappa shape index (κ1) is 22.9. The van der Waals surface area contributed by atoms with Gasteiger partial charge in [0.25, 0.3) is 0 Å². The third kappa shape index (κ3) is 3.65. The van der Waals surface area contributed by atoms with Gasteiger partial charge in [-0.1, -0.05) is 34.6 Å². The first-order valence-electron chi connectivity index (χ1n) is 11.5. The molecule has 0 amide bonds. The average molecular weight is 544 g/mol. The SMILES string of the molecule is CC(C)C(O[Si](C)(C)C(C)(C)C)c1nc(I)cn1C12CC(N3CCC(=O)CC3)(C1)C2. The number of hydrogen-bond acceptors (Lipinski definition) is 4. The molecule has 7 heteroatoms. The zero-order valence-electron chi connectivity index (χ0n) is 19.7. The molecule has 2 heterocycles. The maximum absolute atomic E-state index is 11.7. The highest BCUT2D eigenvalue weighted by Gasteiger charge is 2.71. The summed E-state index contributed by atoms with van der Waals surface area (Å²) < 4.78 is 10.5. The number of Topliss-reactive ketones (excluding diaryl/α,β-unsaturated/α-hetero) is 1. The van der Waals surface area contributed by atoms with Gasteiger partial charge in [0.05, 0.1) is 5.54 Å². The first-order chi connectivity index (χ1) is 13.8. The first-order valence-corrected chi connectivity index (χ1v) is 15.5. The van der Waals surface area contributed by atoms with Gasteiger partial charge in [0, 0.05) is 37.7 Å². The summed E-state index contributed by atoms with van der Waals surface area (Å²) in [6.07, 6.45) is 7.34. The largest absolute Gasteiger partial charge is 0.406 e. The lowest BCUT2D eigenvalue weighted by Gasteiger charge is -2.74. The van der Waals surface area contributed by atoms with Crippen molar-refractivity contribution in [3.05, 3.63) is 15.7 Å². The smallest absolute Gasteiger partial charge is 0.193 e. The lowest BCUT2D eigenvalue weighted by Crippen LogP contribution is -2.79. The highest BCUT2D eigenvalue weighted by atomic mass is 127. The number of aromatic nitrogens is 2. The number of ketones is 1. The molecule has 1 aliphatic heterocycles. The third-order valence-electron chi connectivity index (χ3n) is 8.27. The maximum atomic E-state index is 11.7. The molecule has 3 aliphatic carbocycles. The van der Waals surface area contributed by atoms with Crippen molar-refractivity contribution in [1.82, 2.24) is 14.5 Å². The van der Waals surface area contributed by atoms with Gasteiger partial charge in [-0.3, -0.25) is 9.69 Å². The molecule has 1 saturated heterocycles. The van der Waals surface area contributed by atoms with E-state index in [1.165, 1.54) is 19.3 Å². The standard InChI is InChI=1S/C23H38IN3O2Si/c1-16(2)19(29-30(6,7)21(3,4)5)20-25-18(24)12-27(20)23-13-22(14-23,15-23)26-10-8-17(28)9-11-26/h12,16,19H,8-11,13-15H2,1-7H3. The molecule has 0 N–H and O–H groups in total. The van der Waals surface area contributed by atoms with E-state index in [4.69, 9.17) is 9.41 Å². The molecule has 0 radical (unpaired) electrons. The van der Waals surface area contributed by atoms with Crippen molar-refractivity contribution in [2.75, 3.05) is 13.1 Å². The van der Waals surface area contributed by atoms with Crippen LogP contribution in [-0.4, -0.2) is 47.2 Å². The van der Waals surface area contributed by atoms with Crippen LogP contribution in [0.3, 0.4) is 0 Å². The fourth-order valence-corrected chi connectivity index (χ4v) is 7.32. The molecule has 1 unspecified atom stereocenters. The lowest BCUT2D eigenvalue weighted by atomic mass is 9.43. The fourth-order valence-electron chi connectivity index (χ4n) is 5.43. The van der Waals surface area contributed by atoms with Gasteiger partial charge in [-0.25, -0.2) is 4.98 Å². The van der Waals surface area contributed by atoms with Crippen LogP contribution in [0.4, 0.5) is 0 Å². The van der Waals surface area contributed by atoms with Crippen LogP contribution in [0.2, 0.25) is 18.1 Å². The molecule has 168 valence electrons. The maximum Gasteiger partial charge on any atom is 0.193 e. The molecule has 1 aromatic rings. The van der Waals surface area contributed by atoms with Crippen LogP contribution in [0.1, 0.15) is 78.7 Å². The Labute approximate surface area is 196 Å². The second-order valence-corrected chi connectivity index (χ2v) is 17.7. The fraction of sp³-hybridized carbons (Fsp3) is 0.826. The van der Waals surface area contributed by atoms with E-state index in [1.807, 2.05) is 0 Å². The van der Waals surface area contributed by atoms with Crippen LogP contribution in [0.25, 0.3) is 0 Å². The second kappa shape index (κ2) is 7.38. The molecule has 1 atom stereocenters. The summed E-state index contributed by atoms with van der Waals surface area (Å²) in [4.78, 5) is 19.3. The van der Waals surface area contributed by atoms with Gasteiger partial charge in [-0.05, 0) is 65.9 Å². The summed E-state index contributed by atoms with van der Waals surface area (Å²) in [6, 6.07) is 0. The van der Waals surface area contributed by atoms with Gasteiger partial charge in [-0.2, -0.15) is 0 Å². The molecule has 5 rings (SSSR count). The Balaban J connectivity index is 1.56. The molecule has 4 aliphatic rings. The van der Waals surface area contributed by atoms with Crippen molar-refractivity contribution >= 4 is 36.7 Å². The highest BCUT2D eigenvalue weighted by molar-refractivity contribution is 14.1. The van der Waals surface area contributed by atoms with Crippen molar-refractivity contribution < 1.29 is 9.22 Å². The molecule has 30 heavy (non-hydrogen) atoms. The van der Waals surface area contributed by atoms with Crippen molar-refractivity contribution in [3.63, 3.8) is 0 Å². The predicted molar refractivity (Wildman–Crippen MR) is 131 cm³/mol. The monoisotopic (exact) mass is 543 g/mol. The van der Waals surface area contributed by atoms with E-state index in [-0.39, 0.29) is 16.7 Å². The van der Waals surface area contributed by atoms with Crippen LogP contribution in [0, 0.1) is 9.62 Å². The molecule has 2 bridgehead atoms. The average Bonchev–Trinajstić information content (AvgIpc) is 2.92. The number of carbonyl (C=O) groups is 1. The number of likely N-dealkylation sites (tertiary alicyclic amines) is 1. The van der Waals surface area contributed by atoms with Gasteiger partial charge in [0.15, 0.2) is 8.32 Å². The van der Waals surface area contributed by atoms with Crippen LogP contribution in [-0.2, 0) is 14.8 Å². The Kier molecular flexibility index (Phi) is 5.64. The van der Waals surface area contributed by atoms with E-state index >= 15 is 0 Å². The van der Waals surface area contributed by atoms with Crippen molar-refractivity contribution in [1.29, 1.82) is 0 Å². The molecular weight excluding hydrogens is 505 g/mol. The molecule has 5 nitrogen and oxygen atoms in total. The number of piperidine rings is 1. The third-order valence-corrected chi connectivity index (χ3v) is 13.2. The van der Waals surface area contributed by atoms with Gasteiger partial charge in [-0.15, -0.1) is 0 Å². The van der Waals surface area contributed by atoms with Gasteiger partial charge in [0.2, 0.25) is 0 Å². The lowest BCUT2D eigenvalue weighted by molar-refractivity contribution is -0.211. The van der Waals surface area contributed by atoms with E-state index in [1.54, 1.807) is 0 Å². The summed E-state index contributed by atoms with van der Waals surface area (Å²) in [6.45, 7) is 18.0. The summed E-state index contributed by atoms with van der Waals surface area (Å²) in [5.74, 6) is 1.94. The Morgan fingerprint density at radius 3 is 2.20 bits per heavy atom. The number of halogens is 1. The summed E-state index contributed by atoms with van der Waals surface area (Å²) in [5.41, 5.74) is 0.540. The van der Waals surface area contributed by atoms with Crippen molar-refractivity contribution in [3.8, 4) is 0 Å². The molecule has 3 saturated carbocycles. The van der Waals surface area contributed by atoms with E-state index in [2.05, 4.69) is 86.0 Å². The Morgan fingerprint density at radius 1 is 1.13 bits per heavy atom. The van der Waals surface area contributed by atoms with Crippen LogP contribution < -0.4 is 0 Å². The Morgan fingerprint density at radius 2 is 1.70 bits per heavy atom. The number of carbonyl (C=O) groups excluding carboxylic acids is 1. The van der Waals surface area contributed by atoms with Gasteiger partial charge < -0.3 is 8.99 Å². The van der Waals surface area contributed by atoms with E-state index in [9.17, 15) is 4.79 Å². The topological polar surface area (TPSA) is 47.4 Å². The number of rotatable bonds is 6. The number of hydrogen-bond donors (Lipinski definition) is 0. The Hall–Kier alpha value is -0.253. The second-order valence-electron chi connectivity index (χ2n) is 11.8. The van der Waals surface area contributed by atoms with E-state index < -0.39 is 8.32 Å². The van der Waals surface area contributed by atoms with Gasteiger partial charge in [0.1, 0.15) is 21.4 Å². The quantitative estimate of drug-likeness (QED) is 0.351. The minimum Gasteiger partial charge on any atom is -0.406 e. The Bertz CT molecular complexity index is 812. The molecule has 1 aromatic heterocycles. The molecule has 0 aromatic carbocycles. The van der Waals surface area contributed by atoms with Crippen LogP contribution in [0.15, 0.2) is 6.20 Å². The van der Waals surface area contributed by atoms with Crippen LogP contribution in [0.5, 0.6) is 0 Å². The molecule has 0 spiro atoms. The molecular formula is C23H38IN3O2Si.